The molecule has 0 aromatic heterocycles. The van der Waals surface area contributed by atoms with Gasteiger partial charge in [-0.05, 0) is 37.1 Å². The summed E-state index contributed by atoms with van der Waals surface area (Å²) in [4.78, 5) is 23.0. The zero-order valence-corrected chi connectivity index (χ0v) is 12.0. The highest BCUT2D eigenvalue weighted by molar-refractivity contribution is 5.97. The van der Waals surface area contributed by atoms with Crippen LogP contribution in [-0.4, -0.2) is 24.6 Å². The molecule has 0 fully saturated rings. The van der Waals surface area contributed by atoms with Crippen molar-refractivity contribution in [3.8, 4) is 5.75 Å². The SMILES string of the molecule is CCOc1ccc(NC(=O)C(NC(N)=O)C(C)C)cc1. The molecule has 0 aliphatic heterocycles. The minimum absolute atomic E-state index is 0.0646. The van der Waals surface area contributed by atoms with Gasteiger partial charge in [-0.15, -0.1) is 0 Å². The maximum Gasteiger partial charge on any atom is 0.312 e. The third kappa shape index (κ3) is 4.79. The minimum atomic E-state index is -0.717. The lowest BCUT2D eigenvalue weighted by molar-refractivity contribution is -0.118. The van der Waals surface area contributed by atoms with Gasteiger partial charge < -0.3 is 21.1 Å². The van der Waals surface area contributed by atoms with Crippen LogP contribution >= 0.6 is 0 Å². The molecule has 1 aromatic carbocycles. The van der Waals surface area contributed by atoms with Crippen molar-refractivity contribution in [2.45, 2.75) is 26.8 Å². The first-order chi connectivity index (χ1) is 9.43. The van der Waals surface area contributed by atoms with Crippen molar-refractivity contribution < 1.29 is 14.3 Å². The van der Waals surface area contributed by atoms with E-state index < -0.39 is 12.1 Å². The standard InChI is InChI=1S/C14H21N3O3/c1-4-20-11-7-5-10(6-8-11)16-13(18)12(9(2)3)17-14(15)19/h5-9,12H,4H2,1-3H3,(H,16,18)(H3,15,17,19). The minimum Gasteiger partial charge on any atom is -0.494 e. The summed E-state index contributed by atoms with van der Waals surface area (Å²) in [5.41, 5.74) is 5.70. The Kier molecular flexibility index (Phi) is 5.83. The van der Waals surface area contributed by atoms with E-state index in [1.807, 2.05) is 20.8 Å². The predicted octanol–water partition coefficient (Wildman–Crippen LogP) is 1.72. The van der Waals surface area contributed by atoms with Crippen molar-refractivity contribution in [3.63, 3.8) is 0 Å². The Hall–Kier alpha value is -2.24. The molecule has 20 heavy (non-hydrogen) atoms. The first kappa shape index (κ1) is 15.8. The molecule has 0 spiro atoms. The van der Waals surface area contributed by atoms with Crippen LogP contribution in [0.1, 0.15) is 20.8 Å². The Bertz CT molecular complexity index is 457. The number of benzene rings is 1. The van der Waals surface area contributed by atoms with Gasteiger partial charge in [-0.2, -0.15) is 0 Å². The summed E-state index contributed by atoms with van der Waals surface area (Å²) in [6.07, 6.45) is 0. The number of carbonyl (C=O) groups is 2. The normalized spacial score (nSPS) is 11.8. The van der Waals surface area contributed by atoms with E-state index in [0.717, 1.165) is 5.75 Å². The predicted molar refractivity (Wildman–Crippen MR) is 77.6 cm³/mol. The highest BCUT2D eigenvalue weighted by Gasteiger charge is 2.23. The molecular weight excluding hydrogens is 258 g/mol. The number of urea groups is 1. The lowest BCUT2D eigenvalue weighted by Gasteiger charge is -2.20. The Morgan fingerprint density at radius 3 is 2.30 bits per heavy atom. The zero-order valence-electron chi connectivity index (χ0n) is 12.0. The van der Waals surface area contributed by atoms with Crippen LogP contribution in [0.3, 0.4) is 0 Å². The van der Waals surface area contributed by atoms with Gasteiger partial charge in [0, 0.05) is 5.69 Å². The summed E-state index contributed by atoms with van der Waals surface area (Å²) in [5.74, 6) is 0.370. The zero-order chi connectivity index (χ0) is 15.1. The van der Waals surface area contributed by atoms with Crippen LogP contribution in [0.2, 0.25) is 0 Å². The van der Waals surface area contributed by atoms with E-state index in [0.29, 0.717) is 12.3 Å². The number of primary amides is 1. The Morgan fingerprint density at radius 2 is 1.85 bits per heavy atom. The summed E-state index contributed by atoms with van der Waals surface area (Å²) >= 11 is 0. The van der Waals surface area contributed by atoms with Crippen LogP contribution in [0.15, 0.2) is 24.3 Å². The van der Waals surface area contributed by atoms with Gasteiger partial charge in [0.2, 0.25) is 5.91 Å². The van der Waals surface area contributed by atoms with Gasteiger partial charge in [0.25, 0.3) is 0 Å². The van der Waals surface area contributed by atoms with E-state index >= 15 is 0 Å². The van der Waals surface area contributed by atoms with Crippen LogP contribution in [0.4, 0.5) is 10.5 Å². The number of nitrogens with one attached hydrogen (secondary N) is 2. The summed E-state index contributed by atoms with van der Waals surface area (Å²) in [6, 6.07) is 5.63. The van der Waals surface area contributed by atoms with E-state index in [1.165, 1.54) is 0 Å². The van der Waals surface area contributed by atoms with Crippen molar-refractivity contribution in [3.05, 3.63) is 24.3 Å². The molecule has 0 aliphatic carbocycles. The molecule has 4 N–H and O–H groups in total. The molecule has 6 nitrogen and oxygen atoms in total. The van der Waals surface area contributed by atoms with Gasteiger partial charge in [0.1, 0.15) is 11.8 Å². The highest BCUT2D eigenvalue weighted by atomic mass is 16.5. The Morgan fingerprint density at radius 1 is 1.25 bits per heavy atom. The quantitative estimate of drug-likeness (QED) is 0.740. The van der Waals surface area contributed by atoms with E-state index in [4.69, 9.17) is 10.5 Å². The second-order valence-corrected chi connectivity index (χ2v) is 4.68. The molecule has 110 valence electrons. The number of carbonyl (C=O) groups excluding carboxylic acids is 2. The lowest BCUT2D eigenvalue weighted by Crippen LogP contribution is -2.49. The van der Waals surface area contributed by atoms with Crippen LogP contribution in [-0.2, 0) is 4.79 Å². The highest BCUT2D eigenvalue weighted by Crippen LogP contribution is 2.16. The van der Waals surface area contributed by atoms with Crippen molar-refractivity contribution in [1.29, 1.82) is 0 Å². The van der Waals surface area contributed by atoms with Crippen LogP contribution in [0, 0.1) is 5.92 Å². The second-order valence-electron chi connectivity index (χ2n) is 4.68. The van der Waals surface area contributed by atoms with Crippen molar-refractivity contribution >= 4 is 17.6 Å². The monoisotopic (exact) mass is 279 g/mol. The molecule has 3 amide bonds. The van der Waals surface area contributed by atoms with Gasteiger partial charge >= 0.3 is 6.03 Å². The molecular formula is C14H21N3O3. The topological polar surface area (TPSA) is 93.4 Å². The fourth-order valence-electron chi connectivity index (χ4n) is 1.71. The summed E-state index contributed by atoms with van der Waals surface area (Å²) < 4.78 is 5.32. The molecule has 0 radical (unpaired) electrons. The fourth-order valence-corrected chi connectivity index (χ4v) is 1.71. The summed E-state index contributed by atoms with van der Waals surface area (Å²) in [5, 5.41) is 5.17. The first-order valence-electron chi connectivity index (χ1n) is 6.53. The average Bonchev–Trinajstić information content (AvgIpc) is 2.38. The van der Waals surface area contributed by atoms with Gasteiger partial charge in [0.15, 0.2) is 0 Å². The molecule has 0 saturated heterocycles. The summed E-state index contributed by atoms with van der Waals surface area (Å²) in [6.45, 7) is 6.15. The third-order valence-electron chi connectivity index (χ3n) is 2.68. The third-order valence-corrected chi connectivity index (χ3v) is 2.68. The van der Waals surface area contributed by atoms with Gasteiger partial charge in [-0.25, -0.2) is 4.79 Å². The van der Waals surface area contributed by atoms with Crippen molar-refractivity contribution in [2.75, 3.05) is 11.9 Å². The molecule has 0 heterocycles. The van der Waals surface area contributed by atoms with E-state index in [-0.39, 0.29) is 11.8 Å². The number of nitrogens with two attached hydrogens (primary N) is 1. The number of hydrogen-bond acceptors (Lipinski definition) is 3. The molecule has 1 unspecified atom stereocenters. The molecule has 0 saturated carbocycles. The smallest absolute Gasteiger partial charge is 0.312 e. The van der Waals surface area contributed by atoms with Crippen molar-refractivity contribution in [1.82, 2.24) is 5.32 Å². The number of rotatable bonds is 6. The van der Waals surface area contributed by atoms with Crippen molar-refractivity contribution in [2.24, 2.45) is 11.7 Å². The Balaban J connectivity index is 2.69. The van der Waals surface area contributed by atoms with Crippen LogP contribution in [0.25, 0.3) is 0 Å². The average molecular weight is 279 g/mol. The second kappa shape index (κ2) is 7.37. The molecule has 0 bridgehead atoms. The Labute approximate surface area is 118 Å². The largest absolute Gasteiger partial charge is 0.494 e. The van der Waals surface area contributed by atoms with Gasteiger partial charge in [-0.3, -0.25) is 4.79 Å². The number of ether oxygens (including phenoxy) is 1. The number of anilines is 1. The molecule has 1 atom stereocenters. The van der Waals surface area contributed by atoms with E-state index in [1.54, 1.807) is 24.3 Å². The van der Waals surface area contributed by atoms with Gasteiger partial charge in [-0.1, -0.05) is 13.8 Å². The molecule has 6 heteroatoms. The summed E-state index contributed by atoms with van der Waals surface area (Å²) in [7, 11) is 0. The van der Waals surface area contributed by atoms with Crippen LogP contribution < -0.4 is 21.1 Å². The van der Waals surface area contributed by atoms with E-state index in [2.05, 4.69) is 10.6 Å². The maximum atomic E-state index is 12.1. The van der Waals surface area contributed by atoms with Crippen LogP contribution in [0.5, 0.6) is 5.75 Å². The molecule has 0 aliphatic rings. The fraction of sp³-hybridized carbons (Fsp3) is 0.429. The molecule has 1 rings (SSSR count). The van der Waals surface area contributed by atoms with Gasteiger partial charge in [0.05, 0.1) is 6.61 Å². The first-order valence-corrected chi connectivity index (χ1v) is 6.53. The lowest BCUT2D eigenvalue weighted by atomic mass is 10.0. The van der Waals surface area contributed by atoms with E-state index in [9.17, 15) is 9.59 Å². The number of hydrogen-bond donors (Lipinski definition) is 3. The molecule has 1 aromatic rings. The number of amides is 3. The maximum absolute atomic E-state index is 12.1.